The third-order valence-electron chi connectivity index (χ3n) is 1.50. The van der Waals surface area contributed by atoms with Crippen molar-refractivity contribution in [1.82, 2.24) is 0 Å². The maximum Gasteiger partial charge on any atom is 0.573 e. The summed E-state index contributed by atoms with van der Waals surface area (Å²) in [6.07, 6.45) is -4.77. The minimum Gasteiger partial charge on any atom is -0.406 e. The first-order chi connectivity index (χ1) is 7.72. The molecule has 17 heavy (non-hydrogen) atoms. The highest BCUT2D eigenvalue weighted by atomic mass is 79.9. The lowest BCUT2D eigenvalue weighted by molar-refractivity contribution is -0.274. The number of ether oxygens (including phenoxy) is 1. The third-order valence-corrected chi connectivity index (χ3v) is 4.15. The van der Waals surface area contributed by atoms with Crippen molar-refractivity contribution in [1.29, 1.82) is 0 Å². The summed E-state index contributed by atoms with van der Waals surface area (Å²) in [6, 6.07) is 4.36. The molecule has 96 valence electrons. The zero-order valence-corrected chi connectivity index (χ0v) is 10.6. The van der Waals surface area contributed by atoms with E-state index in [1.807, 2.05) is 0 Å². The normalized spacial score (nSPS) is 12.2. The molecule has 0 fully saturated rings. The maximum absolute atomic E-state index is 11.8. The zero-order chi connectivity index (χ0) is 13.1. The van der Waals surface area contributed by atoms with Crippen molar-refractivity contribution in [3.8, 4) is 5.75 Å². The van der Waals surface area contributed by atoms with Gasteiger partial charge in [0.2, 0.25) is 10.0 Å². The third kappa shape index (κ3) is 5.26. The highest BCUT2D eigenvalue weighted by molar-refractivity contribution is 9.10. The average Bonchev–Trinajstić information content (AvgIpc) is 2.19. The van der Waals surface area contributed by atoms with Crippen molar-refractivity contribution in [2.24, 2.45) is 0 Å². The predicted octanol–water partition coefficient (Wildman–Crippen LogP) is 2.68. The maximum atomic E-state index is 11.8. The molecule has 1 rings (SSSR count). The molecule has 0 bridgehead atoms. The zero-order valence-electron chi connectivity index (χ0n) is 8.16. The SMILES string of the molecule is O=S(=O)(CBr)Nc1ccc(OC(F)(F)F)cc1. The number of anilines is 1. The van der Waals surface area contributed by atoms with E-state index in [1.54, 1.807) is 0 Å². The minimum absolute atomic E-state index is 0.152. The molecule has 1 N–H and O–H groups in total. The largest absolute Gasteiger partial charge is 0.573 e. The average molecular weight is 334 g/mol. The first-order valence-corrected chi connectivity index (χ1v) is 6.91. The molecular weight excluding hydrogens is 327 g/mol. The van der Waals surface area contributed by atoms with Crippen molar-refractivity contribution in [2.75, 3.05) is 9.38 Å². The molecule has 9 heteroatoms. The Morgan fingerprint density at radius 1 is 1.24 bits per heavy atom. The number of halogens is 4. The Kier molecular flexibility index (Phi) is 4.26. The molecule has 0 saturated carbocycles. The molecule has 0 aromatic heterocycles. The van der Waals surface area contributed by atoms with Gasteiger partial charge in [0.25, 0.3) is 0 Å². The summed E-state index contributed by atoms with van der Waals surface area (Å²) in [5, 5.41) is 0. The van der Waals surface area contributed by atoms with Gasteiger partial charge in [-0.05, 0) is 24.3 Å². The van der Waals surface area contributed by atoms with Crippen LogP contribution >= 0.6 is 15.9 Å². The number of nitrogens with one attached hydrogen (secondary N) is 1. The fourth-order valence-electron chi connectivity index (χ4n) is 0.931. The van der Waals surface area contributed by atoms with E-state index >= 15 is 0 Å². The van der Waals surface area contributed by atoms with Gasteiger partial charge in [0.15, 0.2) is 0 Å². The molecule has 1 aromatic rings. The first-order valence-electron chi connectivity index (χ1n) is 4.14. The highest BCUT2D eigenvalue weighted by Crippen LogP contribution is 2.24. The molecule has 0 spiro atoms. The molecule has 0 radical (unpaired) electrons. The number of sulfonamides is 1. The lowest BCUT2D eigenvalue weighted by Gasteiger charge is -2.09. The van der Waals surface area contributed by atoms with Crippen molar-refractivity contribution < 1.29 is 26.3 Å². The van der Waals surface area contributed by atoms with Gasteiger partial charge in [0.05, 0.1) is 0 Å². The van der Waals surface area contributed by atoms with Gasteiger partial charge in [-0.25, -0.2) is 8.42 Å². The van der Waals surface area contributed by atoms with E-state index in [-0.39, 0.29) is 10.3 Å². The number of hydrogen-bond acceptors (Lipinski definition) is 3. The number of benzene rings is 1. The Morgan fingerprint density at radius 3 is 2.18 bits per heavy atom. The van der Waals surface area contributed by atoms with Gasteiger partial charge in [-0.2, -0.15) is 0 Å². The summed E-state index contributed by atoms with van der Waals surface area (Å²) in [6.45, 7) is 0. The molecule has 1 aromatic carbocycles. The molecule has 0 unspecified atom stereocenters. The summed E-state index contributed by atoms with van der Waals surface area (Å²) in [7, 11) is -3.52. The van der Waals surface area contributed by atoms with Crippen molar-refractivity contribution in [3.05, 3.63) is 24.3 Å². The van der Waals surface area contributed by atoms with Crippen LogP contribution in [-0.2, 0) is 10.0 Å². The monoisotopic (exact) mass is 333 g/mol. The van der Waals surface area contributed by atoms with Crippen LogP contribution in [0.25, 0.3) is 0 Å². The van der Waals surface area contributed by atoms with E-state index in [2.05, 4.69) is 25.4 Å². The minimum atomic E-state index is -4.77. The number of rotatable bonds is 4. The van der Waals surface area contributed by atoms with Crippen LogP contribution in [0.15, 0.2) is 24.3 Å². The lowest BCUT2D eigenvalue weighted by Crippen LogP contribution is -2.17. The van der Waals surface area contributed by atoms with Crippen LogP contribution in [0.5, 0.6) is 5.75 Å². The van der Waals surface area contributed by atoms with Gasteiger partial charge in [-0.1, -0.05) is 15.9 Å². The second kappa shape index (κ2) is 5.13. The Hall–Kier alpha value is -0.960. The van der Waals surface area contributed by atoms with Gasteiger partial charge in [0, 0.05) is 5.69 Å². The topological polar surface area (TPSA) is 55.4 Å². The Balaban J connectivity index is 2.76. The van der Waals surface area contributed by atoms with Gasteiger partial charge in [0.1, 0.15) is 10.4 Å². The molecule has 4 nitrogen and oxygen atoms in total. The van der Waals surface area contributed by atoms with E-state index in [1.165, 1.54) is 12.1 Å². The summed E-state index contributed by atoms with van der Waals surface area (Å²) in [4.78, 5) is 0. The standard InChI is InChI=1S/C8H7BrF3NO3S/c9-5-17(14,15)13-6-1-3-7(4-2-6)16-8(10,11)12/h1-4,13H,5H2. The van der Waals surface area contributed by atoms with Crippen LogP contribution in [0.1, 0.15) is 0 Å². The summed E-state index contributed by atoms with van der Waals surface area (Å²) < 4.78 is 63.2. The van der Waals surface area contributed by atoms with E-state index in [0.29, 0.717) is 0 Å². The quantitative estimate of drug-likeness (QED) is 0.862. The van der Waals surface area contributed by atoms with Crippen molar-refractivity contribution in [3.63, 3.8) is 0 Å². The molecule has 0 aliphatic rings. The lowest BCUT2D eigenvalue weighted by atomic mass is 10.3. The summed E-state index contributed by atoms with van der Waals surface area (Å²) in [5.74, 6) is -0.417. The number of hydrogen-bond donors (Lipinski definition) is 1. The van der Waals surface area contributed by atoms with E-state index in [4.69, 9.17) is 0 Å². The first kappa shape index (κ1) is 14.1. The molecule has 0 saturated heterocycles. The van der Waals surface area contributed by atoms with E-state index < -0.39 is 22.1 Å². The highest BCUT2D eigenvalue weighted by Gasteiger charge is 2.30. The molecule has 0 heterocycles. The molecule has 0 aliphatic carbocycles. The van der Waals surface area contributed by atoms with Crippen LogP contribution in [0.4, 0.5) is 18.9 Å². The molecular formula is C8H7BrF3NO3S. The van der Waals surface area contributed by atoms with E-state index in [0.717, 1.165) is 12.1 Å². The second-order valence-electron chi connectivity index (χ2n) is 2.90. The van der Waals surface area contributed by atoms with Gasteiger partial charge >= 0.3 is 6.36 Å². The van der Waals surface area contributed by atoms with Crippen LogP contribution in [-0.4, -0.2) is 19.4 Å². The van der Waals surface area contributed by atoms with Gasteiger partial charge in [-0.3, -0.25) is 4.72 Å². The van der Waals surface area contributed by atoms with Gasteiger partial charge in [-0.15, -0.1) is 13.2 Å². The second-order valence-corrected chi connectivity index (χ2v) is 5.92. The summed E-state index contributed by atoms with van der Waals surface area (Å²) in [5.41, 5.74) is 0.152. The fourth-order valence-corrected chi connectivity index (χ4v) is 1.82. The number of alkyl halides is 4. The van der Waals surface area contributed by atoms with Crippen LogP contribution in [0.2, 0.25) is 0 Å². The van der Waals surface area contributed by atoms with Crippen LogP contribution in [0, 0.1) is 0 Å². The molecule has 0 aliphatic heterocycles. The predicted molar refractivity (Wildman–Crippen MR) is 59.5 cm³/mol. The molecule has 0 atom stereocenters. The summed E-state index contributed by atoms with van der Waals surface area (Å²) >= 11 is 2.76. The fraction of sp³-hybridized carbons (Fsp3) is 0.250. The molecule has 0 amide bonds. The van der Waals surface area contributed by atoms with Crippen molar-refractivity contribution in [2.45, 2.75) is 6.36 Å². The van der Waals surface area contributed by atoms with Gasteiger partial charge < -0.3 is 4.74 Å². The Labute approximate surface area is 104 Å². The van der Waals surface area contributed by atoms with Crippen molar-refractivity contribution >= 4 is 31.6 Å². The van der Waals surface area contributed by atoms with Crippen LogP contribution < -0.4 is 9.46 Å². The Bertz CT molecular complexity index is 472. The van der Waals surface area contributed by atoms with E-state index in [9.17, 15) is 21.6 Å². The smallest absolute Gasteiger partial charge is 0.406 e. The Morgan fingerprint density at radius 2 is 1.76 bits per heavy atom. The van der Waals surface area contributed by atoms with Crippen LogP contribution in [0.3, 0.4) is 0 Å².